The van der Waals surface area contributed by atoms with Gasteiger partial charge in [-0.25, -0.2) is 8.42 Å². The molecule has 4 rings (SSSR count). The van der Waals surface area contributed by atoms with Gasteiger partial charge < -0.3 is 15.4 Å². The molecule has 0 spiro atoms. The maximum atomic E-state index is 13.1. The SMILES string of the molecule is C=CC(=O)NC1(C)CCN(S(=O)(=O)c2ccc(C(=O)NCCc3cccc4c3OCC4)cc2)CC1. The van der Waals surface area contributed by atoms with E-state index in [0.717, 1.165) is 17.7 Å². The molecule has 8 nitrogen and oxygen atoms in total. The van der Waals surface area contributed by atoms with E-state index in [1.54, 1.807) is 0 Å². The lowest BCUT2D eigenvalue weighted by molar-refractivity contribution is -0.118. The standard InChI is InChI=1S/C26H31N3O5S/c1-3-23(30)28-26(2)13-16-29(17-14-26)35(32,33)22-9-7-21(8-10-22)25(31)27-15-11-19-5-4-6-20-12-18-34-24(19)20/h3-10H,1,11-18H2,2H3,(H,27,31)(H,28,30). The molecule has 0 atom stereocenters. The smallest absolute Gasteiger partial charge is 0.251 e. The van der Waals surface area contributed by atoms with Crippen LogP contribution < -0.4 is 15.4 Å². The average Bonchev–Trinajstić information content (AvgIpc) is 3.34. The normalized spacial score (nSPS) is 17.2. The number of para-hydroxylation sites is 1. The van der Waals surface area contributed by atoms with Crippen LogP contribution in [0.2, 0.25) is 0 Å². The first-order chi connectivity index (χ1) is 16.7. The summed E-state index contributed by atoms with van der Waals surface area (Å²) >= 11 is 0. The summed E-state index contributed by atoms with van der Waals surface area (Å²) in [5, 5.41) is 5.78. The fraction of sp³-hybridized carbons (Fsp3) is 0.385. The van der Waals surface area contributed by atoms with E-state index in [-0.39, 0.29) is 16.7 Å². The molecule has 2 aromatic carbocycles. The molecule has 0 aliphatic carbocycles. The Morgan fingerprint density at radius 3 is 2.54 bits per heavy atom. The van der Waals surface area contributed by atoms with Crippen LogP contribution in [0.25, 0.3) is 0 Å². The molecule has 9 heteroatoms. The number of sulfonamides is 1. The summed E-state index contributed by atoms with van der Waals surface area (Å²) in [6.45, 7) is 7.11. The fourth-order valence-corrected chi connectivity index (χ4v) is 5.96. The van der Waals surface area contributed by atoms with Crippen molar-refractivity contribution in [3.05, 3.63) is 71.8 Å². The van der Waals surface area contributed by atoms with Gasteiger partial charge in [-0.1, -0.05) is 24.8 Å². The minimum atomic E-state index is -3.69. The van der Waals surface area contributed by atoms with Crippen LogP contribution in [-0.2, 0) is 27.7 Å². The molecule has 2 aliphatic heterocycles. The van der Waals surface area contributed by atoms with Crippen LogP contribution in [0.4, 0.5) is 0 Å². The predicted octanol–water partition coefficient (Wildman–Crippen LogP) is 2.44. The minimum absolute atomic E-state index is 0.143. The summed E-state index contributed by atoms with van der Waals surface area (Å²) in [5.74, 6) is 0.408. The van der Waals surface area contributed by atoms with Crippen molar-refractivity contribution in [1.29, 1.82) is 0 Å². The van der Waals surface area contributed by atoms with Crippen molar-refractivity contribution < 1.29 is 22.7 Å². The van der Waals surface area contributed by atoms with E-state index in [1.165, 1.54) is 40.2 Å². The Morgan fingerprint density at radius 1 is 1.14 bits per heavy atom. The number of carbonyl (C=O) groups excluding carboxylic acids is 2. The predicted molar refractivity (Wildman–Crippen MR) is 133 cm³/mol. The number of carbonyl (C=O) groups is 2. The number of hydrogen-bond donors (Lipinski definition) is 2. The summed E-state index contributed by atoms with van der Waals surface area (Å²) in [5.41, 5.74) is 2.20. The van der Waals surface area contributed by atoms with Crippen LogP contribution in [0.1, 0.15) is 41.3 Å². The van der Waals surface area contributed by atoms with Crippen LogP contribution in [0, 0.1) is 0 Å². The molecular weight excluding hydrogens is 466 g/mol. The maximum absolute atomic E-state index is 13.1. The second-order valence-electron chi connectivity index (χ2n) is 9.19. The van der Waals surface area contributed by atoms with Gasteiger partial charge in [0.2, 0.25) is 15.9 Å². The first kappa shape index (κ1) is 24.9. The number of nitrogens with zero attached hydrogens (tertiary/aromatic N) is 1. The molecule has 0 unspecified atom stereocenters. The molecule has 2 heterocycles. The van der Waals surface area contributed by atoms with Crippen LogP contribution in [0.5, 0.6) is 5.75 Å². The van der Waals surface area contributed by atoms with E-state index in [2.05, 4.69) is 23.3 Å². The molecule has 0 radical (unpaired) electrons. The van der Waals surface area contributed by atoms with Crippen LogP contribution in [0.15, 0.2) is 60.0 Å². The van der Waals surface area contributed by atoms with Gasteiger partial charge in [-0.2, -0.15) is 4.31 Å². The van der Waals surface area contributed by atoms with Gasteiger partial charge in [0.1, 0.15) is 5.75 Å². The zero-order chi connectivity index (χ0) is 25.1. The highest BCUT2D eigenvalue weighted by Crippen LogP contribution is 2.30. The number of rotatable bonds is 8. The highest BCUT2D eigenvalue weighted by molar-refractivity contribution is 7.89. The van der Waals surface area contributed by atoms with Gasteiger partial charge in [-0.3, -0.25) is 9.59 Å². The van der Waals surface area contributed by atoms with Crippen molar-refractivity contribution in [2.75, 3.05) is 26.2 Å². The van der Waals surface area contributed by atoms with Gasteiger partial charge in [0.05, 0.1) is 11.5 Å². The van der Waals surface area contributed by atoms with Crippen LogP contribution in [-0.4, -0.2) is 56.3 Å². The topological polar surface area (TPSA) is 105 Å². The van der Waals surface area contributed by atoms with E-state index in [0.29, 0.717) is 51.1 Å². The minimum Gasteiger partial charge on any atom is -0.493 e. The second kappa shape index (κ2) is 10.2. The van der Waals surface area contributed by atoms with Crippen molar-refractivity contribution in [2.45, 2.75) is 43.0 Å². The van der Waals surface area contributed by atoms with Gasteiger partial charge in [0, 0.05) is 37.2 Å². The Bertz CT molecular complexity index is 1220. The average molecular weight is 498 g/mol. The molecule has 0 aromatic heterocycles. The largest absolute Gasteiger partial charge is 0.493 e. The lowest BCUT2D eigenvalue weighted by Gasteiger charge is -2.39. The third kappa shape index (κ3) is 5.57. The molecule has 2 aromatic rings. The molecule has 1 saturated heterocycles. The number of nitrogens with one attached hydrogen (secondary N) is 2. The highest BCUT2D eigenvalue weighted by atomic mass is 32.2. The fourth-order valence-electron chi connectivity index (χ4n) is 4.51. The number of benzene rings is 2. The van der Waals surface area contributed by atoms with Gasteiger partial charge in [-0.15, -0.1) is 0 Å². The first-order valence-corrected chi connectivity index (χ1v) is 13.2. The maximum Gasteiger partial charge on any atom is 0.251 e. The van der Waals surface area contributed by atoms with Crippen molar-refractivity contribution in [1.82, 2.24) is 14.9 Å². The van der Waals surface area contributed by atoms with Gasteiger partial charge >= 0.3 is 0 Å². The Balaban J connectivity index is 1.32. The van der Waals surface area contributed by atoms with E-state index >= 15 is 0 Å². The number of fused-ring (bicyclic) bond motifs is 1. The molecule has 35 heavy (non-hydrogen) atoms. The van der Waals surface area contributed by atoms with Gasteiger partial charge in [-0.05, 0) is 67.7 Å². The highest BCUT2D eigenvalue weighted by Gasteiger charge is 2.36. The quantitative estimate of drug-likeness (QED) is 0.545. The summed E-state index contributed by atoms with van der Waals surface area (Å²) in [4.78, 5) is 24.4. The Kier molecular flexibility index (Phi) is 7.28. The lowest BCUT2D eigenvalue weighted by Crippen LogP contribution is -2.53. The van der Waals surface area contributed by atoms with Gasteiger partial charge in [0.15, 0.2) is 0 Å². The van der Waals surface area contributed by atoms with E-state index < -0.39 is 15.6 Å². The summed E-state index contributed by atoms with van der Waals surface area (Å²) in [6, 6.07) is 12.1. The molecule has 0 saturated carbocycles. The van der Waals surface area contributed by atoms with Crippen molar-refractivity contribution >= 4 is 21.8 Å². The van der Waals surface area contributed by atoms with Crippen LogP contribution >= 0.6 is 0 Å². The van der Waals surface area contributed by atoms with Crippen LogP contribution in [0.3, 0.4) is 0 Å². The third-order valence-electron chi connectivity index (χ3n) is 6.67. The monoisotopic (exact) mass is 497 g/mol. The summed E-state index contributed by atoms with van der Waals surface area (Å²) in [7, 11) is -3.69. The molecular formula is C26H31N3O5S. The lowest BCUT2D eigenvalue weighted by atomic mass is 9.90. The zero-order valence-corrected chi connectivity index (χ0v) is 20.7. The Hall–Kier alpha value is -3.17. The van der Waals surface area contributed by atoms with Crippen molar-refractivity contribution in [3.63, 3.8) is 0 Å². The van der Waals surface area contributed by atoms with E-state index in [9.17, 15) is 18.0 Å². The summed E-state index contributed by atoms with van der Waals surface area (Å²) < 4.78 is 33.3. The number of piperidine rings is 1. The molecule has 0 bridgehead atoms. The zero-order valence-electron chi connectivity index (χ0n) is 19.9. The Morgan fingerprint density at radius 2 is 1.86 bits per heavy atom. The molecule has 1 fully saturated rings. The number of hydrogen-bond acceptors (Lipinski definition) is 5. The molecule has 2 amide bonds. The number of ether oxygens (including phenoxy) is 1. The van der Waals surface area contributed by atoms with Crippen molar-refractivity contribution in [3.8, 4) is 5.75 Å². The van der Waals surface area contributed by atoms with E-state index in [4.69, 9.17) is 4.74 Å². The third-order valence-corrected chi connectivity index (χ3v) is 8.58. The van der Waals surface area contributed by atoms with E-state index in [1.807, 2.05) is 19.1 Å². The first-order valence-electron chi connectivity index (χ1n) is 11.8. The molecule has 186 valence electrons. The number of amides is 2. The second-order valence-corrected chi connectivity index (χ2v) is 11.1. The summed E-state index contributed by atoms with van der Waals surface area (Å²) in [6.07, 6.45) is 3.79. The van der Waals surface area contributed by atoms with Gasteiger partial charge in [0.25, 0.3) is 5.91 Å². The molecule has 2 aliphatic rings. The Labute approximate surface area is 206 Å². The van der Waals surface area contributed by atoms with Crippen molar-refractivity contribution in [2.24, 2.45) is 0 Å². The molecule has 2 N–H and O–H groups in total.